The number of carbonyl (C=O) groups excluding carboxylic acids is 4. The minimum atomic E-state index is -0.440. The van der Waals surface area contributed by atoms with E-state index in [1.165, 1.54) is 46.2 Å². The fourth-order valence-corrected chi connectivity index (χ4v) is 0.659. The Labute approximate surface area is 203 Å². The number of amides is 4. The third-order valence-electron chi connectivity index (χ3n) is 1.74. The number of hydrogen-bond donors (Lipinski definition) is 7. The predicted molar refractivity (Wildman–Crippen MR) is 131 cm³/mol. The monoisotopic (exact) mass is 503 g/mol. The molecular formula is C19H45N5O8S. The van der Waals surface area contributed by atoms with E-state index < -0.39 is 5.91 Å². The molecule has 0 aliphatic heterocycles. The molecule has 200 valence electrons. The van der Waals surface area contributed by atoms with Crippen LogP contribution in [0.5, 0.6) is 0 Å². The highest BCUT2D eigenvalue weighted by atomic mass is 32.1. The molecule has 1 aliphatic rings. The molecule has 14 heteroatoms. The molecule has 8 N–H and O–H groups in total. The first-order chi connectivity index (χ1) is 15.2. The number of hydroxylamine groups is 2. The standard InChI is InChI=1S/C5H9NO.C3H7NO2.C3H7NS.C2H5NO2.C2H5NO.2C2H6O/c1-4(7)6-5-2-3-5;1-3(5)4-6-2;1-3(5)4-2;1-2(4)3-5;1-2(3)4;1-3-2;1-2-3/h5H,2-3H2,1H3,(H,6,7);1-2H3,(H,4,5);1-2H3,(H,4,5);5H,1H3,(H,3,4);1H3,(H2,3,4);1-2H3;3H,2H2,1H3. The lowest BCUT2D eigenvalue weighted by Gasteiger charge is -1.91. The number of aliphatic hydroxyl groups excluding tert-OH is 1. The van der Waals surface area contributed by atoms with Crippen LogP contribution in [0.4, 0.5) is 0 Å². The van der Waals surface area contributed by atoms with Gasteiger partial charge in [-0.1, -0.05) is 12.2 Å². The summed E-state index contributed by atoms with van der Waals surface area (Å²) in [4.78, 5) is 43.7. The van der Waals surface area contributed by atoms with Gasteiger partial charge in [0.25, 0.3) is 0 Å². The number of thiocarbonyl (C=S) groups is 1. The summed E-state index contributed by atoms with van der Waals surface area (Å²) in [5, 5.41) is 20.7. The Kier molecular flexibility index (Phi) is 53.7. The Morgan fingerprint density at radius 3 is 1.27 bits per heavy atom. The van der Waals surface area contributed by atoms with E-state index in [2.05, 4.69) is 43.6 Å². The fraction of sp³-hybridized carbons (Fsp3) is 0.737. The molecule has 0 bridgehead atoms. The summed E-state index contributed by atoms with van der Waals surface area (Å²) in [6, 6.07) is 0.525. The second-order valence-corrected chi connectivity index (χ2v) is 6.26. The zero-order chi connectivity index (χ0) is 27.8. The Morgan fingerprint density at radius 1 is 0.970 bits per heavy atom. The molecule has 0 aromatic carbocycles. The van der Waals surface area contributed by atoms with Crippen molar-refractivity contribution in [3.8, 4) is 0 Å². The number of carbonyl (C=O) groups is 4. The SMILES string of the molecule is CC(=O)NC1CC1.CC(=O)NO.CC(N)=O.CCO.CNC(C)=S.COC.CONC(C)=O. The van der Waals surface area contributed by atoms with E-state index in [1.54, 1.807) is 28.1 Å². The van der Waals surface area contributed by atoms with Crippen LogP contribution < -0.4 is 27.3 Å². The van der Waals surface area contributed by atoms with E-state index in [9.17, 15) is 19.2 Å². The first-order valence-corrected chi connectivity index (χ1v) is 10.00. The molecule has 4 amide bonds. The second kappa shape index (κ2) is 40.0. The van der Waals surface area contributed by atoms with Crippen LogP contribution in [0.15, 0.2) is 0 Å². The molecule has 0 atom stereocenters. The Hall–Kier alpha value is -2.39. The first-order valence-electron chi connectivity index (χ1n) is 9.59. The van der Waals surface area contributed by atoms with Crippen molar-refractivity contribution in [1.29, 1.82) is 0 Å². The number of rotatable bonds is 2. The number of nitrogens with two attached hydrogens (primary N) is 1. The van der Waals surface area contributed by atoms with Gasteiger partial charge in [0, 0.05) is 61.6 Å². The smallest absolute Gasteiger partial charge is 0.240 e. The number of ether oxygens (including phenoxy) is 1. The average Bonchev–Trinajstić information content (AvgIpc) is 3.47. The molecule has 1 saturated carbocycles. The highest BCUT2D eigenvalue weighted by Gasteiger charge is 2.21. The van der Waals surface area contributed by atoms with E-state index in [0.717, 1.165) is 4.99 Å². The lowest BCUT2D eigenvalue weighted by molar-refractivity contribution is -0.129. The van der Waals surface area contributed by atoms with E-state index in [1.807, 2.05) is 14.0 Å². The molecule has 1 rings (SSSR count). The van der Waals surface area contributed by atoms with Crippen LogP contribution in [0.1, 0.15) is 54.4 Å². The Balaban J connectivity index is -0.0000000659. The summed E-state index contributed by atoms with van der Waals surface area (Å²) in [6.45, 7) is 9.23. The largest absolute Gasteiger partial charge is 0.397 e. The van der Waals surface area contributed by atoms with Crippen molar-refractivity contribution in [2.45, 2.75) is 60.4 Å². The minimum Gasteiger partial charge on any atom is -0.397 e. The third kappa shape index (κ3) is 167. The van der Waals surface area contributed by atoms with Gasteiger partial charge in [-0.2, -0.15) is 0 Å². The lowest BCUT2D eigenvalue weighted by atomic mass is 10.6. The first kappa shape index (κ1) is 44.3. The lowest BCUT2D eigenvalue weighted by Crippen LogP contribution is -2.21. The van der Waals surface area contributed by atoms with Crippen LogP contribution >= 0.6 is 12.2 Å². The summed E-state index contributed by atoms with van der Waals surface area (Å²) in [5.74, 6) is -0.856. The molecule has 1 aliphatic carbocycles. The Bertz CT molecular complexity index is 459. The number of primary amides is 1. The van der Waals surface area contributed by atoms with Crippen molar-refractivity contribution < 1.29 is 39.1 Å². The van der Waals surface area contributed by atoms with Crippen LogP contribution in [0.2, 0.25) is 0 Å². The van der Waals surface area contributed by atoms with Gasteiger partial charge in [0.2, 0.25) is 23.6 Å². The van der Waals surface area contributed by atoms with Gasteiger partial charge in [0.15, 0.2) is 0 Å². The number of nitrogens with one attached hydrogen (secondary N) is 4. The fourth-order valence-electron chi connectivity index (χ4n) is 0.659. The van der Waals surface area contributed by atoms with Crippen LogP contribution in [0, 0.1) is 0 Å². The summed E-state index contributed by atoms with van der Waals surface area (Å²) in [7, 11) is 6.45. The zero-order valence-electron chi connectivity index (χ0n) is 21.5. The van der Waals surface area contributed by atoms with Crippen LogP contribution in [0.3, 0.4) is 0 Å². The van der Waals surface area contributed by atoms with Gasteiger partial charge in [0.1, 0.15) is 0 Å². The minimum absolute atomic E-state index is 0.0995. The highest BCUT2D eigenvalue weighted by molar-refractivity contribution is 7.80. The maximum Gasteiger partial charge on any atom is 0.240 e. The number of aliphatic hydroxyl groups is 1. The van der Waals surface area contributed by atoms with Crippen molar-refractivity contribution >= 4 is 40.8 Å². The van der Waals surface area contributed by atoms with Crippen LogP contribution in [-0.4, -0.2) is 80.0 Å². The van der Waals surface area contributed by atoms with Gasteiger partial charge in [-0.15, -0.1) is 0 Å². The second-order valence-electron chi connectivity index (χ2n) is 5.65. The van der Waals surface area contributed by atoms with Gasteiger partial charge >= 0.3 is 0 Å². The topological polar surface area (TPSA) is 201 Å². The molecule has 0 spiro atoms. The molecule has 0 saturated heterocycles. The summed E-state index contributed by atoms with van der Waals surface area (Å²) >= 11 is 4.59. The van der Waals surface area contributed by atoms with E-state index >= 15 is 0 Å². The molecule has 33 heavy (non-hydrogen) atoms. The van der Waals surface area contributed by atoms with Gasteiger partial charge < -0.3 is 26.2 Å². The van der Waals surface area contributed by atoms with Crippen LogP contribution in [-0.2, 0) is 28.8 Å². The summed E-state index contributed by atoms with van der Waals surface area (Å²) < 4.78 is 4.25. The molecule has 13 nitrogen and oxygen atoms in total. The zero-order valence-corrected chi connectivity index (χ0v) is 22.3. The predicted octanol–water partition coefficient (Wildman–Crippen LogP) is -0.214. The van der Waals surface area contributed by atoms with Gasteiger partial charge in [-0.05, 0) is 26.7 Å². The van der Waals surface area contributed by atoms with Crippen molar-refractivity contribution in [1.82, 2.24) is 21.6 Å². The van der Waals surface area contributed by atoms with Gasteiger partial charge in [0.05, 0.1) is 12.1 Å². The molecule has 0 heterocycles. The van der Waals surface area contributed by atoms with Crippen molar-refractivity contribution in [3.05, 3.63) is 0 Å². The Morgan fingerprint density at radius 2 is 1.24 bits per heavy atom. The highest BCUT2D eigenvalue weighted by Crippen LogP contribution is 2.17. The van der Waals surface area contributed by atoms with Crippen molar-refractivity contribution in [2.24, 2.45) is 5.73 Å². The van der Waals surface area contributed by atoms with E-state index in [0.29, 0.717) is 6.04 Å². The van der Waals surface area contributed by atoms with Gasteiger partial charge in [-0.25, -0.2) is 11.0 Å². The molecule has 0 aromatic rings. The van der Waals surface area contributed by atoms with E-state index in [4.69, 9.17) is 10.3 Å². The summed E-state index contributed by atoms with van der Waals surface area (Å²) in [6.07, 6.45) is 2.36. The normalized spacial score (nSPS) is 9.33. The maximum atomic E-state index is 10.2. The van der Waals surface area contributed by atoms with E-state index in [-0.39, 0.29) is 24.3 Å². The molecular weight excluding hydrogens is 458 g/mol. The van der Waals surface area contributed by atoms with Crippen LogP contribution in [0.25, 0.3) is 0 Å². The van der Waals surface area contributed by atoms with Gasteiger partial charge in [-0.3, -0.25) is 29.2 Å². The van der Waals surface area contributed by atoms with Crippen molar-refractivity contribution in [2.75, 3.05) is 35.0 Å². The quantitative estimate of drug-likeness (QED) is 0.150. The summed E-state index contributed by atoms with van der Waals surface area (Å²) in [5.41, 5.74) is 7.93. The molecule has 0 radical (unpaired) electrons. The maximum absolute atomic E-state index is 10.2. The molecule has 1 fully saturated rings. The average molecular weight is 504 g/mol. The molecule has 0 unspecified atom stereocenters. The molecule has 0 aromatic heterocycles. The third-order valence-corrected chi connectivity index (χ3v) is 1.94. The number of methoxy groups -OCH3 is 1. The van der Waals surface area contributed by atoms with Crippen molar-refractivity contribution in [3.63, 3.8) is 0 Å². The number of hydrogen-bond acceptors (Lipinski definition) is 9.